The quantitative estimate of drug-likeness (QED) is 0.747. The summed E-state index contributed by atoms with van der Waals surface area (Å²) in [5.41, 5.74) is 6.94. The predicted octanol–water partition coefficient (Wildman–Crippen LogP) is 1.42. The third-order valence-electron chi connectivity index (χ3n) is 2.76. The molecule has 0 aliphatic rings. The molecular weight excluding hydrogens is 277 g/mol. The maximum atomic E-state index is 13.3. The first-order valence-electron chi connectivity index (χ1n) is 6.47. The normalized spacial score (nSPS) is 10.6. The fourth-order valence-corrected chi connectivity index (χ4v) is 2.04. The van der Waals surface area contributed by atoms with E-state index in [-0.39, 0.29) is 23.3 Å². The Morgan fingerprint density at radius 2 is 2.20 bits per heavy atom. The minimum atomic E-state index is -0.344. The van der Waals surface area contributed by atoms with Gasteiger partial charge in [0.1, 0.15) is 10.8 Å². The molecule has 3 N–H and O–H groups in total. The molecule has 20 heavy (non-hydrogen) atoms. The summed E-state index contributed by atoms with van der Waals surface area (Å²) in [7, 11) is 1.79. The van der Waals surface area contributed by atoms with Crippen molar-refractivity contribution in [2.24, 2.45) is 5.73 Å². The van der Waals surface area contributed by atoms with E-state index in [0.29, 0.717) is 24.2 Å². The molecule has 0 aliphatic heterocycles. The van der Waals surface area contributed by atoms with Crippen molar-refractivity contribution in [3.8, 4) is 0 Å². The highest BCUT2D eigenvalue weighted by Gasteiger charge is 2.11. The highest BCUT2D eigenvalue weighted by molar-refractivity contribution is 7.80. The molecule has 0 saturated carbocycles. The maximum absolute atomic E-state index is 13.3. The van der Waals surface area contributed by atoms with Gasteiger partial charge in [-0.3, -0.25) is 9.69 Å². The molecular formula is C14H20FN3OS. The van der Waals surface area contributed by atoms with Gasteiger partial charge in [0.05, 0.1) is 6.54 Å². The largest absolute Gasteiger partial charge is 0.389 e. The number of benzene rings is 1. The van der Waals surface area contributed by atoms with Crippen LogP contribution in [0.5, 0.6) is 0 Å². The molecule has 0 radical (unpaired) electrons. The Hall–Kier alpha value is -1.53. The standard InChI is InChI=1S/C14H20FN3OS/c1-3-6-17-13(19)9-18(2)8-10-7-11(15)4-5-12(10)14(16)20/h4-5,7H,3,6,8-9H2,1-2H3,(H2,16,20)(H,17,19). The van der Waals surface area contributed by atoms with E-state index in [9.17, 15) is 9.18 Å². The smallest absolute Gasteiger partial charge is 0.234 e. The van der Waals surface area contributed by atoms with Crippen molar-refractivity contribution in [2.75, 3.05) is 20.1 Å². The van der Waals surface area contributed by atoms with Gasteiger partial charge in [0.15, 0.2) is 0 Å². The summed E-state index contributed by atoms with van der Waals surface area (Å²) in [6.45, 7) is 3.30. The Morgan fingerprint density at radius 3 is 2.80 bits per heavy atom. The third-order valence-corrected chi connectivity index (χ3v) is 2.98. The molecule has 0 aliphatic carbocycles. The van der Waals surface area contributed by atoms with E-state index in [1.165, 1.54) is 12.1 Å². The van der Waals surface area contributed by atoms with Gasteiger partial charge in [-0.1, -0.05) is 19.1 Å². The summed E-state index contributed by atoms with van der Waals surface area (Å²) in [5, 5.41) is 2.79. The van der Waals surface area contributed by atoms with E-state index in [4.69, 9.17) is 18.0 Å². The molecule has 1 aromatic rings. The zero-order valence-corrected chi connectivity index (χ0v) is 12.6. The predicted molar refractivity (Wildman–Crippen MR) is 81.9 cm³/mol. The summed E-state index contributed by atoms with van der Waals surface area (Å²) in [6, 6.07) is 4.29. The lowest BCUT2D eigenvalue weighted by Crippen LogP contribution is -2.35. The monoisotopic (exact) mass is 297 g/mol. The fourth-order valence-electron chi connectivity index (χ4n) is 1.85. The number of hydrogen-bond acceptors (Lipinski definition) is 3. The second-order valence-corrected chi connectivity index (χ2v) is 5.13. The molecule has 0 atom stereocenters. The lowest BCUT2D eigenvalue weighted by molar-refractivity contribution is -0.122. The average molecular weight is 297 g/mol. The molecule has 0 fully saturated rings. The number of amides is 1. The fraction of sp³-hybridized carbons (Fsp3) is 0.429. The molecule has 0 spiro atoms. The minimum Gasteiger partial charge on any atom is -0.389 e. The van der Waals surface area contributed by atoms with Gasteiger partial charge in [0, 0.05) is 18.7 Å². The summed E-state index contributed by atoms with van der Waals surface area (Å²) >= 11 is 4.95. The zero-order chi connectivity index (χ0) is 15.1. The van der Waals surface area contributed by atoms with Gasteiger partial charge in [0.2, 0.25) is 5.91 Å². The van der Waals surface area contributed by atoms with Crippen molar-refractivity contribution in [3.05, 3.63) is 35.1 Å². The van der Waals surface area contributed by atoms with Gasteiger partial charge in [-0.25, -0.2) is 4.39 Å². The van der Waals surface area contributed by atoms with Gasteiger partial charge < -0.3 is 11.1 Å². The molecule has 0 aromatic heterocycles. The molecule has 1 rings (SSSR count). The molecule has 0 unspecified atom stereocenters. The number of nitrogens with one attached hydrogen (secondary N) is 1. The number of nitrogens with zero attached hydrogens (tertiary/aromatic N) is 1. The Balaban J connectivity index is 2.70. The van der Waals surface area contributed by atoms with Crippen LogP contribution in [0.2, 0.25) is 0 Å². The van der Waals surface area contributed by atoms with Crippen LogP contribution in [0.15, 0.2) is 18.2 Å². The lowest BCUT2D eigenvalue weighted by atomic mass is 10.1. The molecule has 6 heteroatoms. The van der Waals surface area contributed by atoms with Crippen molar-refractivity contribution < 1.29 is 9.18 Å². The summed E-state index contributed by atoms with van der Waals surface area (Å²) in [4.78, 5) is 13.6. The highest BCUT2D eigenvalue weighted by atomic mass is 32.1. The Morgan fingerprint density at radius 1 is 1.50 bits per heavy atom. The number of hydrogen-bond donors (Lipinski definition) is 2. The van der Waals surface area contributed by atoms with Gasteiger partial charge in [-0.05, 0) is 37.2 Å². The van der Waals surface area contributed by atoms with Crippen molar-refractivity contribution in [1.29, 1.82) is 0 Å². The van der Waals surface area contributed by atoms with Crippen LogP contribution in [0.3, 0.4) is 0 Å². The molecule has 0 heterocycles. The second kappa shape index (κ2) is 7.91. The van der Waals surface area contributed by atoms with Gasteiger partial charge in [0.25, 0.3) is 0 Å². The second-order valence-electron chi connectivity index (χ2n) is 4.69. The van der Waals surface area contributed by atoms with Crippen LogP contribution in [0.1, 0.15) is 24.5 Å². The molecule has 4 nitrogen and oxygen atoms in total. The summed E-state index contributed by atoms with van der Waals surface area (Å²) in [6.07, 6.45) is 0.894. The molecule has 1 amide bonds. The number of carbonyl (C=O) groups excluding carboxylic acids is 1. The van der Waals surface area contributed by atoms with E-state index < -0.39 is 0 Å². The van der Waals surface area contributed by atoms with Crippen molar-refractivity contribution >= 4 is 23.1 Å². The first kappa shape index (κ1) is 16.5. The first-order valence-corrected chi connectivity index (χ1v) is 6.88. The molecule has 0 saturated heterocycles. The topological polar surface area (TPSA) is 58.4 Å². The highest BCUT2D eigenvalue weighted by Crippen LogP contribution is 2.13. The van der Waals surface area contributed by atoms with Gasteiger partial charge in [-0.2, -0.15) is 0 Å². The number of carbonyl (C=O) groups is 1. The molecule has 1 aromatic carbocycles. The van der Waals surface area contributed by atoms with Crippen molar-refractivity contribution in [1.82, 2.24) is 10.2 Å². The van der Waals surface area contributed by atoms with Crippen LogP contribution >= 0.6 is 12.2 Å². The third kappa shape index (κ3) is 5.22. The zero-order valence-electron chi connectivity index (χ0n) is 11.8. The summed E-state index contributed by atoms with van der Waals surface area (Å²) < 4.78 is 13.3. The number of rotatable bonds is 7. The Kier molecular flexibility index (Phi) is 6.54. The first-order chi connectivity index (χ1) is 9.43. The Bertz CT molecular complexity index is 493. The van der Waals surface area contributed by atoms with Crippen LogP contribution < -0.4 is 11.1 Å². The molecule has 0 bridgehead atoms. The van der Waals surface area contributed by atoms with Crippen LogP contribution in [0.25, 0.3) is 0 Å². The number of likely N-dealkylation sites (N-methyl/N-ethyl adjacent to an activating group) is 1. The van der Waals surface area contributed by atoms with Crippen molar-refractivity contribution in [2.45, 2.75) is 19.9 Å². The van der Waals surface area contributed by atoms with Crippen LogP contribution in [0, 0.1) is 5.82 Å². The van der Waals surface area contributed by atoms with E-state index in [0.717, 1.165) is 6.42 Å². The van der Waals surface area contributed by atoms with E-state index in [2.05, 4.69) is 5.32 Å². The lowest BCUT2D eigenvalue weighted by Gasteiger charge is -2.18. The van der Waals surface area contributed by atoms with E-state index in [1.54, 1.807) is 18.0 Å². The SMILES string of the molecule is CCCNC(=O)CN(C)Cc1cc(F)ccc1C(N)=S. The van der Waals surface area contributed by atoms with E-state index in [1.807, 2.05) is 6.92 Å². The van der Waals surface area contributed by atoms with Crippen LogP contribution in [0.4, 0.5) is 4.39 Å². The number of halogens is 1. The van der Waals surface area contributed by atoms with Gasteiger partial charge in [-0.15, -0.1) is 0 Å². The van der Waals surface area contributed by atoms with Crippen LogP contribution in [-0.2, 0) is 11.3 Å². The maximum Gasteiger partial charge on any atom is 0.234 e. The average Bonchev–Trinajstić information content (AvgIpc) is 2.35. The van der Waals surface area contributed by atoms with Crippen LogP contribution in [-0.4, -0.2) is 35.9 Å². The summed E-state index contributed by atoms with van der Waals surface area (Å²) in [5.74, 6) is -0.397. The molecule has 110 valence electrons. The minimum absolute atomic E-state index is 0.0531. The van der Waals surface area contributed by atoms with Gasteiger partial charge >= 0.3 is 0 Å². The van der Waals surface area contributed by atoms with Crippen molar-refractivity contribution in [3.63, 3.8) is 0 Å². The number of thiocarbonyl (C=S) groups is 1. The Labute approximate surface area is 124 Å². The number of nitrogens with two attached hydrogens (primary N) is 1. The van der Waals surface area contributed by atoms with E-state index >= 15 is 0 Å².